The van der Waals surface area contributed by atoms with E-state index in [2.05, 4.69) is 0 Å². The lowest BCUT2D eigenvalue weighted by molar-refractivity contribution is 0.240. The van der Waals surface area contributed by atoms with Crippen LogP contribution in [0.25, 0.3) is 0 Å². The lowest BCUT2D eigenvalue weighted by atomic mass is 10.2. The van der Waals surface area contributed by atoms with Crippen LogP contribution in [-0.4, -0.2) is 6.30 Å². The summed E-state index contributed by atoms with van der Waals surface area (Å²) in [5.41, 5.74) is 1.10. The van der Waals surface area contributed by atoms with E-state index in [-0.39, 0.29) is 23.9 Å². The minimum absolute atomic E-state index is 0. The van der Waals surface area contributed by atoms with E-state index in [1.807, 2.05) is 0 Å². The topological polar surface area (TPSA) is 3.24 Å². The summed E-state index contributed by atoms with van der Waals surface area (Å²) in [5.74, 6) is 0. The highest BCUT2D eigenvalue weighted by Crippen LogP contribution is 2.32. The second-order valence-electron chi connectivity index (χ2n) is 2.58. The van der Waals surface area contributed by atoms with E-state index in [0.717, 1.165) is 5.56 Å². The second kappa shape index (κ2) is 3.27. The van der Waals surface area contributed by atoms with Crippen molar-refractivity contribution in [1.82, 2.24) is 0 Å². The average molecular weight is 192 g/mol. The first kappa shape index (κ1) is 9.26. The summed E-state index contributed by atoms with van der Waals surface area (Å²) in [5, 5.41) is 0.176. The fraction of sp³-hybridized carbons (Fsp3) is 0.250. The number of hydrogen-bond donors (Lipinski definition) is 0. The van der Waals surface area contributed by atoms with Crippen LogP contribution in [0.3, 0.4) is 0 Å². The van der Waals surface area contributed by atoms with Gasteiger partial charge in [0.15, 0.2) is 0 Å². The minimum atomic E-state index is -1.49. The highest BCUT2D eigenvalue weighted by atomic mass is 35.5. The molecule has 1 heterocycles. The molecule has 0 aromatic heterocycles. The Morgan fingerprint density at radius 3 is 2.67 bits per heavy atom. The Labute approximate surface area is 75.3 Å². The molecular formula is C8H8ClF2N. The quantitative estimate of drug-likeness (QED) is 0.450. The van der Waals surface area contributed by atoms with Gasteiger partial charge >= 0.3 is 0 Å². The Kier molecular flexibility index (Phi) is 2.52. The average Bonchev–Trinajstić information content (AvgIpc) is 2.30. The second-order valence-corrected chi connectivity index (χ2v) is 2.58. The van der Waals surface area contributed by atoms with Crippen LogP contribution in [-0.2, 0) is 6.42 Å². The molecule has 66 valence electrons. The molecule has 0 fully saturated rings. The first-order valence-electron chi connectivity index (χ1n) is 3.46. The van der Waals surface area contributed by atoms with Crippen LogP contribution in [0.1, 0.15) is 5.56 Å². The fourth-order valence-corrected chi connectivity index (χ4v) is 1.30. The zero-order valence-electron chi connectivity index (χ0n) is 6.21. The van der Waals surface area contributed by atoms with Crippen molar-refractivity contribution in [3.8, 4) is 0 Å². The normalized spacial score (nSPS) is 20.2. The predicted octanol–water partition coefficient (Wildman–Crippen LogP) is 2.65. The van der Waals surface area contributed by atoms with Crippen molar-refractivity contribution < 1.29 is 8.87 Å². The van der Waals surface area contributed by atoms with E-state index in [1.165, 1.54) is 0 Å². The van der Waals surface area contributed by atoms with Crippen LogP contribution in [0.2, 0.25) is 0 Å². The summed E-state index contributed by atoms with van der Waals surface area (Å²) in [4.78, 5) is 0. The molecule has 0 radical (unpaired) electrons. The molecule has 1 aliphatic rings. The zero-order valence-corrected chi connectivity index (χ0v) is 7.02. The Hall–Kier alpha value is -0.830. The molecule has 0 amide bonds. The minimum Gasteiger partial charge on any atom is -0.221 e. The van der Waals surface area contributed by atoms with Gasteiger partial charge in [0.05, 0.1) is 5.69 Å². The Morgan fingerprint density at radius 2 is 2.00 bits per heavy atom. The highest BCUT2D eigenvalue weighted by Gasteiger charge is 2.28. The summed E-state index contributed by atoms with van der Waals surface area (Å²) in [6.45, 7) is 0. The molecule has 0 spiro atoms. The van der Waals surface area contributed by atoms with Gasteiger partial charge in [-0.1, -0.05) is 22.7 Å². The van der Waals surface area contributed by atoms with Gasteiger partial charge in [0.2, 0.25) is 6.30 Å². The van der Waals surface area contributed by atoms with Gasteiger partial charge in [0.1, 0.15) is 0 Å². The Bertz CT molecular complexity index is 280. The predicted molar refractivity (Wildman–Crippen MR) is 45.9 cm³/mol. The van der Waals surface area contributed by atoms with Gasteiger partial charge in [0.25, 0.3) is 0 Å². The van der Waals surface area contributed by atoms with Gasteiger partial charge in [-0.25, -0.2) is 4.39 Å². The number of alkyl halides is 1. The molecule has 0 aliphatic carbocycles. The molecule has 0 bridgehead atoms. The largest absolute Gasteiger partial charge is 0.221 e. The van der Waals surface area contributed by atoms with Crippen LogP contribution >= 0.6 is 12.4 Å². The molecule has 1 aromatic rings. The van der Waals surface area contributed by atoms with Crippen LogP contribution in [0.15, 0.2) is 24.3 Å². The number of rotatable bonds is 0. The maximum Gasteiger partial charge on any atom is 0.204 e. The van der Waals surface area contributed by atoms with Gasteiger partial charge in [-0.3, -0.25) is 0 Å². The summed E-state index contributed by atoms with van der Waals surface area (Å²) in [6, 6.07) is 6.80. The van der Waals surface area contributed by atoms with Crippen molar-refractivity contribution in [2.24, 2.45) is 0 Å². The number of halogens is 3. The summed E-state index contributed by atoms with van der Waals surface area (Å²) in [7, 11) is 0. The van der Waals surface area contributed by atoms with Crippen LogP contribution in [0, 0.1) is 0 Å². The summed E-state index contributed by atoms with van der Waals surface area (Å²) in [6.07, 6.45) is -1.33. The molecular weight excluding hydrogens is 184 g/mol. The van der Waals surface area contributed by atoms with E-state index in [1.54, 1.807) is 24.3 Å². The number of fused-ring (bicyclic) bond motifs is 1. The van der Waals surface area contributed by atoms with Crippen LogP contribution in [0.4, 0.5) is 14.6 Å². The fourth-order valence-electron chi connectivity index (χ4n) is 1.30. The van der Waals surface area contributed by atoms with E-state index in [4.69, 9.17) is 0 Å². The molecule has 1 unspecified atom stereocenters. The number of anilines is 1. The Balaban J connectivity index is 0.000000720. The molecule has 1 nitrogen and oxygen atoms in total. The summed E-state index contributed by atoms with van der Waals surface area (Å²) < 4.78 is 25.4. The van der Waals surface area contributed by atoms with Gasteiger partial charge in [0, 0.05) is 6.42 Å². The van der Waals surface area contributed by atoms with Crippen molar-refractivity contribution in [1.29, 1.82) is 0 Å². The zero-order chi connectivity index (χ0) is 7.84. The number of nitrogens with zero attached hydrogens (tertiary/aromatic N) is 1. The third kappa shape index (κ3) is 1.25. The van der Waals surface area contributed by atoms with Gasteiger partial charge in [-0.15, -0.1) is 12.4 Å². The molecule has 1 aromatic carbocycles. The van der Waals surface area contributed by atoms with Crippen molar-refractivity contribution in [3.63, 3.8) is 0 Å². The van der Waals surface area contributed by atoms with Gasteiger partial charge < -0.3 is 0 Å². The lowest BCUT2D eigenvalue weighted by Crippen LogP contribution is -2.17. The standard InChI is InChI=1S/C8H7F2N.ClH/c9-8-5-6-3-1-2-4-7(6)11(8)10;/h1-4,8H,5H2;1H. The van der Waals surface area contributed by atoms with Crippen molar-refractivity contribution in [2.75, 3.05) is 5.12 Å². The first-order valence-corrected chi connectivity index (χ1v) is 3.46. The van der Waals surface area contributed by atoms with Crippen LogP contribution < -0.4 is 5.12 Å². The van der Waals surface area contributed by atoms with Crippen LogP contribution in [0.5, 0.6) is 0 Å². The third-order valence-electron chi connectivity index (χ3n) is 1.86. The molecule has 0 N–H and O–H groups in total. The molecule has 12 heavy (non-hydrogen) atoms. The van der Waals surface area contributed by atoms with E-state index >= 15 is 0 Å². The highest BCUT2D eigenvalue weighted by molar-refractivity contribution is 5.85. The van der Waals surface area contributed by atoms with Crippen molar-refractivity contribution >= 4 is 18.1 Å². The molecule has 0 saturated carbocycles. The van der Waals surface area contributed by atoms with E-state index < -0.39 is 6.30 Å². The molecule has 1 atom stereocenters. The smallest absolute Gasteiger partial charge is 0.204 e. The van der Waals surface area contributed by atoms with E-state index in [0.29, 0.717) is 5.69 Å². The van der Waals surface area contributed by atoms with E-state index in [9.17, 15) is 8.87 Å². The Morgan fingerprint density at radius 1 is 1.33 bits per heavy atom. The molecule has 1 aliphatic heterocycles. The maximum atomic E-state index is 12.8. The van der Waals surface area contributed by atoms with Crippen molar-refractivity contribution in [3.05, 3.63) is 29.8 Å². The number of hydrogen-bond acceptors (Lipinski definition) is 1. The van der Waals surface area contributed by atoms with Crippen molar-refractivity contribution in [2.45, 2.75) is 12.7 Å². The summed E-state index contributed by atoms with van der Waals surface area (Å²) >= 11 is 0. The van der Waals surface area contributed by atoms with Gasteiger partial charge in [-0.2, -0.15) is 5.12 Å². The maximum absolute atomic E-state index is 12.8. The molecule has 0 saturated heterocycles. The molecule has 2 rings (SSSR count). The van der Waals surface area contributed by atoms with Gasteiger partial charge in [-0.05, 0) is 11.6 Å². The lowest BCUT2D eigenvalue weighted by Gasteiger charge is -2.07. The first-order chi connectivity index (χ1) is 5.29. The number of benzene rings is 1. The number of para-hydroxylation sites is 1. The third-order valence-corrected chi connectivity index (χ3v) is 1.86. The molecule has 4 heteroatoms. The monoisotopic (exact) mass is 191 g/mol. The SMILES string of the molecule is Cl.FC1Cc2ccccc2N1F.